The predicted octanol–water partition coefficient (Wildman–Crippen LogP) is 2.53. The minimum Gasteiger partial charge on any atom is -0.445 e. The maximum Gasteiger partial charge on any atom is 0.410 e. The van der Waals surface area contributed by atoms with Crippen LogP contribution in [0.25, 0.3) is 0 Å². The van der Waals surface area contributed by atoms with E-state index in [9.17, 15) is 18.0 Å². The van der Waals surface area contributed by atoms with E-state index >= 15 is 0 Å². The van der Waals surface area contributed by atoms with Crippen molar-refractivity contribution < 1.29 is 22.7 Å². The number of alkyl halides is 3. The third kappa shape index (κ3) is 4.10. The normalized spacial score (nSPS) is 23.0. The van der Waals surface area contributed by atoms with Gasteiger partial charge in [-0.3, -0.25) is 0 Å². The van der Waals surface area contributed by atoms with Gasteiger partial charge in [0, 0.05) is 19.1 Å². The van der Waals surface area contributed by atoms with Crippen molar-refractivity contribution in [1.29, 1.82) is 0 Å². The quantitative estimate of drug-likeness (QED) is 0.913. The van der Waals surface area contributed by atoms with Gasteiger partial charge in [-0.05, 0) is 12.0 Å². The summed E-state index contributed by atoms with van der Waals surface area (Å²) in [7, 11) is 0. The Morgan fingerprint density at radius 3 is 2.57 bits per heavy atom. The average Bonchev–Trinajstić information content (AvgIpc) is 2.44. The Morgan fingerprint density at radius 1 is 1.33 bits per heavy atom. The summed E-state index contributed by atoms with van der Waals surface area (Å²) in [6, 6.07) is 7.96. The lowest BCUT2D eigenvalue weighted by Gasteiger charge is -2.36. The van der Waals surface area contributed by atoms with Crippen LogP contribution in [0.3, 0.4) is 0 Å². The number of carbonyl (C=O) groups is 1. The van der Waals surface area contributed by atoms with Crippen molar-refractivity contribution in [1.82, 2.24) is 4.90 Å². The van der Waals surface area contributed by atoms with Crippen molar-refractivity contribution in [2.75, 3.05) is 13.1 Å². The molecule has 21 heavy (non-hydrogen) atoms. The molecule has 0 unspecified atom stereocenters. The number of nitrogens with two attached hydrogens (primary N) is 1. The molecule has 0 aliphatic carbocycles. The highest BCUT2D eigenvalue weighted by Crippen LogP contribution is 2.33. The van der Waals surface area contributed by atoms with Crippen LogP contribution in [0.4, 0.5) is 18.0 Å². The SMILES string of the molecule is N[C@@H]1CN(C(=O)OCc2ccccc2)CC[C@H]1C(F)(F)F. The van der Waals surface area contributed by atoms with E-state index in [0.717, 1.165) is 5.56 Å². The van der Waals surface area contributed by atoms with E-state index in [-0.39, 0.29) is 26.1 Å². The summed E-state index contributed by atoms with van der Waals surface area (Å²) in [6.07, 6.45) is -5.14. The Balaban J connectivity index is 1.85. The first-order valence-corrected chi connectivity index (χ1v) is 6.66. The molecule has 2 rings (SSSR count). The van der Waals surface area contributed by atoms with Gasteiger partial charge >= 0.3 is 12.3 Å². The Bertz CT molecular complexity index is 479. The highest BCUT2D eigenvalue weighted by atomic mass is 19.4. The molecule has 1 amide bonds. The number of carbonyl (C=O) groups excluding carboxylic acids is 1. The lowest BCUT2D eigenvalue weighted by atomic mass is 9.92. The average molecular weight is 302 g/mol. The number of piperidine rings is 1. The molecule has 116 valence electrons. The van der Waals surface area contributed by atoms with Crippen molar-refractivity contribution in [3.63, 3.8) is 0 Å². The molecule has 0 bridgehead atoms. The number of nitrogens with zero attached hydrogens (tertiary/aromatic N) is 1. The Labute approximate surface area is 120 Å². The number of hydrogen-bond acceptors (Lipinski definition) is 3. The molecule has 1 heterocycles. The summed E-state index contributed by atoms with van der Waals surface area (Å²) in [6.45, 7) is -0.0442. The molecule has 2 N–H and O–H groups in total. The predicted molar refractivity (Wildman–Crippen MR) is 70.3 cm³/mol. The van der Waals surface area contributed by atoms with Crippen molar-refractivity contribution in [3.8, 4) is 0 Å². The van der Waals surface area contributed by atoms with Crippen LogP contribution in [-0.2, 0) is 11.3 Å². The Hall–Kier alpha value is -1.76. The molecule has 0 radical (unpaired) electrons. The molecule has 2 atom stereocenters. The molecule has 1 aromatic rings. The first-order chi connectivity index (χ1) is 9.88. The van der Waals surface area contributed by atoms with Crippen molar-refractivity contribution in [2.24, 2.45) is 11.7 Å². The zero-order chi connectivity index (χ0) is 15.5. The summed E-state index contributed by atoms with van der Waals surface area (Å²) in [5.41, 5.74) is 6.35. The summed E-state index contributed by atoms with van der Waals surface area (Å²) in [5.74, 6) is -1.56. The van der Waals surface area contributed by atoms with Crippen LogP contribution < -0.4 is 5.73 Å². The van der Waals surface area contributed by atoms with E-state index in [4.69, 9.17) is 10.5 Å². The zero-order valence-corrected chi connectivity index (χ0v) is 11.3. The topological polar surface area (TPSA) is 55.6 Å². The molecule has 1 saturated heterocycles. The maximum atomic E-state index is 12.7. The first-order valence-electron chi connectivity index (χ1n) is 6.66. The second-order valence-corrected chi connectivity index (χ2v) is 5.09. The monoisotopic (exact) mass is 302 g/mol. The smallest absolute Gasteiger partial charge is 0.410 e. The van der Waals surface area contributed by atoms with E-state index in [2.05, 4.69) is 0 Å². The van der Waals surface area contributed by atoms with Crippen molar-refractivity contribution in [3.05, 3.63) is 35.9 Å². The maximum absolute atomic E-state index is 12.7. The van der Waals surface area contributed by atoms with Gasteiger partial charge in [0.1, 0.15) is 6.61 Å². The van der Waals surface area contributed by atoms with Gasteiger partial charge in [-0.25, -0.2) is 4.79 Å². The third-order valence-corrected chi connectivity index (χ3v) is 3.54. The summed E-state index contributed by atoms with van der Waals surface area (Å²) in [5, 5.41) is 0. The van der Waals surface area contributed by atoms with Crippen LogP contribution in [0.1, 0.15) is 12.0 Å². The molecule has 1 aliphatic rings. The second-order valence-electron chi connectivity index (χ2n) is 5.09. The minimum atomic E-state index is -4.32. The Kier molecular flexibility index (Phi) is 4.72. The summed E-state index contributed by atoms with van der Waals surface area (Å²) in [4.78, 5) is 13.1. The fourth-order valence-corrected chi connectivity index (χ4v) is 2.36. The number of rotatable bonds is 2. The molecule has 0 saturated carbocycles. The largest absolute Gasteiger partial charge is 0.445 e. The van der Waals surface area contributed by atoms with Crippen molar-refractivity contribution in [2.45, 2.75) is 25.2 Å². The van der Waals surface area contributed by atoms with E-state index in [1.165, 1.54) is 4.90 Å². The van der Waals surface area contributed by atoms with E-state index in [1.54, 1.807) is 12.1 Å². The van der Waals surface area contributed by atoms with Gasteiger partial charge in [-0.1, -0.05) is 30.3 Å². The van der Waals surface area contributed by atoms with Crippen LogP contribution in [0.5, 0.6) is 0 Å². The summed E-state index contributed by atoms with van der Waals surface area (Å²) < 4.78 is 43.1. The number of halogens is 3. The van der Waals surface area contributed by atoms with E-state index in [0.29, 0.717) is 0 Å². The Morgan fingerprint density at radius 2 is 2.00 bits per heavy atom. The number of amides is 1. The minimum absolute atomic E-state index is 0.00546. The van der Waals surface area contributed by atoms with Crippen molar-refractivity contribution >= 4 is 6.09 Å². The van der Waals surface area contributed by atoms with Crippen LogP contribution in [0.15, 0.2) is 30.3 Å². The molecule has 4 nitrogen and oxygen atoms in total. The molecule has 0 aromatic heterocycles. The zero-order valence-electron chi connectivity index (χ0n) is 11.3. The van der Waals surface area contributed by atoms with Crippen LogP contribution in [-0.4, -0.2) is 36.3 Å². The highest BCUT2D eigenvalue weighted by Gasteiger charge is 2.46. The fourth-order valence-electron chi connectivity index (χ4n) is 2.36. The lowest BCUT2D eigenvalue weighted by molar-refractivity contribution is -0.188. The van der Waals surface area contributed by atoms with Gasteiger partial charge in [0.05, 0.1) is 5.92 Å². The molecular weight excluding hydrogens is 285 g/mol. The second kappa shape index (κ2) is 6.34. The van der Waals surface area contributed by atoms with Crippen LogP contribution in [0.2, 0.25) is 0 Å². The summed E-state index contributed by atoms with van der Waals surface area (Å²) >= 11 is 0. The van der Waals surface area contributed by atoms with Gasteiger partial charge in [0.25, 0.3) is 0 Å². The first kappa shape index (κ1) is 15.6. The molecule has 0 spiro atoms. The third-order valence-electron chi connectivity index (χ3n) is 3.54. The van der Waals surface area contributed by atoms with Gasteiger partial charge in [0.2, 0.25) is 0 Å². The standard InChI is InChI=1S/C14H17F3N2O2/c15-14(16,17)11-6-7-19(8-12(11)18)13(20)21-9-10-4-2-1-3-5-10/h1-5,11-12H,6-9,18H2/t11-,12-/m1/s1. The number of likely N-dealkylation sites (tertiary alicyclic amines) is 1. The van der Waals surface area contributed by atoms with Gasteiger partial charge in [0.15, 0.2) is 0 Å². The van der Waals surface area contributed by atoms with Gasteiger partial charge < -0.3 is 15.4 Å². The number of ether oxygens (including phenoxy) is 1. The molecule has 7 heteroatoms. The fraction of sp³-hybridized carbons (Fsp3) is 0.500. The molecule has 1 aromatic carbocycles. The van der Waals surface area contributed by atoms with Crippen LogP contribution >= 0.6 is 0 Å². The van der Waals surface area contributed by atoms with Gasteiger partial charge in [-0.2, -0.15) is 13.2 Å². The van der Waals surface area contributed by atoms with Crippen LogP contribution in [0, 0.1) is 5.92 Å². The molecular formula is C14H17F3N2O2. The number of hydrogen-bond donors (Lipinski definition) is 1. The van der Waals surface area contributed by atoms with E-state index < -0.39 is 24.2 Å². The van der Waals surface area contributed by atoms with E-state index in [1.807, 2.05) is 18.2 Å². The highest BCUT2D eigenvalue weighted by molar-refractivity contribution is 5.67. The number of benzene rings is 1. The lowest BCUT2D eigenvalue weighted by Crippen LogP contribution is -2.54. The van der Waals surface area contributed by atoms with Gasteiger partial charge in [-0.15, -0.1) is 0 Å². The molecule has 1 aliphatic heterocycles. The molecule has 1 fully saturated rings.